The molecular weight excluding hydrogens is 230 g/mol. The molecule has 0 aliphatic carbocycles. The van der Waals surface area contributed by atoms with Crippen LogP contribution in [0.5, 0.6) is 0 Å². The molecular formula is C10H11NO4S. The standard InChI is InChI=1S/C10H11NO4S/c12-10(13)8-4-3-7-2-1-5-11-16(14,15)9(7)6-8/h3-4,6,11H,1-2,5H2,(H,12,13). The zero-order valence-corrected chi connectivity index (χ0v) is 9.25. The molecule has 0 radical (unpaired) electrons. The summed E-state index contributed by atoms with van der Waals surface area (Å²) in [6.45, 7) is 0.388. The molecule has 86 valence electrons. The summed E-state index contributed by atoms with van der Waals surface area (Å²) in [7, 11) is -3.55. The summed E-state index contributed by atoms with van der Waals surface area (Å²) in [6.07, 6.45) is 1.36. The Hall–Kier alpha value is -1.40. The van der Waals surface area contributed by atoms with Gasteiger partial charge in [0.15, 0.2) is 0 Å². The summed E-state index contributed by atoms with van der Waals surface area (Å²) in [5, 5.41) is 8.81. The Morgan fingerprint density at radius 2 is 2.12 bits per heavy atom. The summed E-state index contributed by atoms with van der Waals surface area (Å²) in [5.41, 5.74) is 0.668. The molecule has 0 saturated heterocycles. The fraction of sp³-hybridized carbons (Fsp3) is 0.300. The molecule has 0 bridgehead atoms. The highest BCUT2D eigenvalue weighted by Crippen LogP contribution is 2.21. The van der Waals surface area contributed by atoms with Gasteiger partial charge in [-0.2, -0.15) is 0 Å². The first kappa shape index (κ1) is 11.1. The normalized spacial score (nSPS) is 18.5. The number of aryl methyl sites for hydroxylation is 1. The Labute approximate surface area is 93.2 Å². The summed E-state index contributed by atoms with van der Waals surface area (Å²) in [5.74, 6) is -1.12. The van der Waals surface area contributed by atoms with Gasteiger partial charge in [0.25, 0.3) is 0 Å². The summed E-state index contributed by atoms with van der Waals surface area (Å²) >= 11 is 0. The number of carbonyl (C=O) groups is 1. The number of nitrogens with one attached hydrogen (secondary N) is 1. The van der Waals surface area contributed by atoms with Gasteiger partial charge in [-0.1, -0.05) is 6.07 Å². The van der Waals surface area contributed by atoms with Crippen molar-refractivity contribution >= 4 is 16.0 Å². The molecule has 16 heavy (non-hydrogen) atoms. The monoisotopic (exact) mass is 241 g/mol. The maximum atomic E-state index is 11.8. The third kappa shape index (κ3) is 1.94. The molecule has 2 N–H and O–H groups in total. The van der Waals surface area contributed by atoms with Gasteiger partial charge in [0, 0.05) is 6.54 Å². The first-order chi connectivity index (χ1) is 7.50. The van der Waals surface area contributed by atoms with Crippen molar-refractivity contribution in [3.05, 3.63) is 29.3 Å². The van der Waals surface area contributed by atoms with Crippen LogP contribution in [0.25, 0.3) is 0 Å². The van der Waals surface area contributed by atoms with E-state index in [1.807, 2.05) is 0 Å². The van der Waals surface area contributed by atoms with Crippen LogP contribution in [0, 0.1) is 0 Å². The Balaban J connectivity index is 2.62. The quantitative estimate of drug-likeness (QED) is 0.754. The van der Waals surface area contributed by atoms with E-state index in [1.54, 1.807) is 6.07 Å². The fourth-order valence-corrected chi connectivity index (χ4v) is 3.07. The lowest BCUT2D eigenvalue weighted by atomic mass is 10.1. The van der Waals surface area contributed by atoms with Gasteiger partial charge in [0.1, 0.15) is 0 Å². The van der Waals surface area contributed by atoms with Gasteiger partial charge in [-0.25, -0.2) is 17.9 Å². The Morgan fingerprint density at radius 1 is 1.38 bits per heavy atom. The third-order valence-corrected chi connectivity index (χ3v) is 4.06. The molecule has 1 aromatic rings. The van der Waals surface area contributed by atoms with Crippen molar-refractivity contribution in [2.75, 3.05) is 6.54 Å². The zero-order chi connectivity index (χ0) is 11.8. The van der Waals surface area contributed by atoms with Gasteiger partial charge in [-0.05, 0) is 30.5 Å². The molecule has 0 fully saturated rings. The van der Waals surface area contributed by atoms with Crippen LogP contribution in [0.1, 0.15) is 22.3 Å². The number of hydrogen-bond donors (Lipinski definition) is 2. The molecule has 2 rings (SSSR count). The van der Waals surface area contributed by atoms with Crippen molar-refractivity contribution in [3.8, 4) is 0 Å². The lowest BCUT2D eigenvalue weighted by Gasteiger charge is -2.06. The van der Waals surface area contributed by atoms with Crippen LogP contribution < -0.4 is 4.72 Å². The molecule has 0 atom stereocenters. The number of hydrogen-bond acceptors (Lipinski definition) is 3. The number of sulfonamides is 1. The minimum atomic E-state index is -3.55. The van der Waals surface area contributed by atoms with Gasteiger partial charge in [-0.3, -0.25) is 0 Å². The molecule has 0 saturated carbocycles. The number of carboxylic acid groups (broad SMARTS) is 1. The molecule has 1 heterocycles. The van der Waals surface area contributed by atoms with Crippen molar-refractivity contribution < 1.29 is 18.3 Å². The van der Waals surface area contributed by atoms with Gasteiger partial charge >= 0.3 is 5.97 Å². The van der Waals surface area contributed by atoms with Crippen LogP contribution >= 0.6 is 0 Å². The van der Waals surface area contributed by atoms with E-state index in [4.69, 9.17) is 5.11 Å². The summed E-state index contributed by atoms with van der Waals surface area (Å²) in [4.78, 5) is 10.9. The van der Waals surface area contributed by atoms with E-state index in [2.05, 4.69) is 4.72 Å². The second-order valence-corrected chi connectivity index (χ2v) is 5.36. The van der Waals surface area contributed by atoms with Crippen LogP contribution in [0.15, 0.2) is 23.1 Å². The largest absolute Gasteiger partial charge is 0.478 e. The minimum absolute atomic E-state index is 0.00831. The topological polar surface area (TPSA) is 83.5 Å². The van der Waals surface area contributed by atoms with Crippen LogP contribution in [0.3, 0.4) is 0 Å². The molecule has 1 aliphatic heterocycles. The number of benzene rings is 1. The molecule has 5 nitrogen and oxygen atoms in total. The lowest BCUT2D eigenvalue weighted by Crippen LogP contribution is -2.23. The highest BCUT2D eigenvalue weighted by atomic mass is 32.2. The highest BCUT2D eigenvalue weighted by molar-refractivity contribution is 7.89. The van der Waals surface area contributed by atoms with E-state index in [1.165, 1.54) is 12.1 Å². The highest BCUT2D eigenvalue weighted by Gasteiger charge is 2.22. The molecule has 0 amide bonds. The maximum absolute atomic E-state index is 11.8. The number of aromatic carboxylic acids is 1. The van der Waals surface area contributed by atoms with Gasteiger partial charge in [-0.15, -0.1) is 0 Å². The fourth-order valence-electron chi connectivity index (χ4n) is 1.71. The summed E-state index contributed by atoms with van der Waals surface area (Å²) in [6, 6.07) is 4.22. The third-order valence-electron chi connectivity index (χ3n) is 2.52. The molecule has 0 spiro atoms. The van der Waals surface area contributed by atoms with Crippen molar-refractivity contribution in [1.29, 1.82) is 0 Å². The minimum Gasteiger partial charge on any atom is -0.478 e. The molecule has 6 heteroatoms. The molecule has 1 aliphatic rings. The Bertz CT molecular complexity index is 536. The van der Waals surface area contributed by atoms with Crippen molar-refractivity contribution in [2.24, 2.45) is 0 Å². The van der Waals surface area contributed by atoms with Crippen LogP contribution in [0.4, 0.5) is 0 Å². The van der Waals surface area contributed by atoms with E-state index in [0.29, 0.717) is 18.5 Å². The zero-order valence-electron chi connectivity index (χ0n) is 8.43. The second-order valence-electron chi connectivity index (χ2n) is 3.63. The number of carboxylic acids is 1. The van der Waals surface area contributed by atoms with Gasteiger partial charge in [0.05, 0.1) is 10.5 Å². The van der Waals surface area contributed by atoms with Crippen molar-refractivity contribution in [3.63, 3.8) is 0 Å². The van der Waals surface area contributed by atoms with Crippen LogP contribution in [0.2, 0.25) is 0 Å². The van der Waals surface area contributed by atoms with E-state index in [9.17, 15) is 13.2 Å². The van der Waals surface area contributed by atoms with E-state index in [0.717, 1.165) is 6.42 Å². The predicted octanol–water partition coefficient (Wildman–Crippen LogP) is 0.609. The predicted molar refractivity (Wildman–Crippen MR) is 56.9 cm³/mol. The van der Waals surface area contributed by atoms with Gasteiger partial charge < -0.3 is 5.11 Å². The average molecular weight is 241 g/mol. The van der Waals surface area contributed by atoms with Crippen molar-refractivity contribution in [1.82, 2.24) is 4.72 Å². The van der Waals surface area contributed by atoms with E-state index < -0.39 is 16.0 Å². The lowest BCUT2D eigenvalue weighted by molar-refractivity contribution is 0.0696. The van der Waals surface area contributed by atoms with Gasteiger partial charge in [0.2, 0.25) is 10.0 Å². The van der Waals surface area contributed by atoms with E-state index >= 15 is 0 Å². The Morgan fingerprint density at radius 3 is 2.81 bits per heavy atom. The molecule has 0 aromatic heterocycles. The van der Waals surface area contributed by atoms with Crippen LogP contribution in [-0.2, 0) is 16.4 Å². The smallest absolute Gasteiger partial charge is 0.335 e. The second kappa shape index (κ2) is 3.88. The maximum Gasteiger partial charge on any atom is 0.335 e. The van der Waals surface area contributed by atoms with E-state index in [-0.39, 0.29) is 10.5 Å². The van der Waals surface area contributed by atoms with Crippen molar-refractivity contribution in [2.45, 2.75) is 17.7 Å². The first-order valence-corrected chi connectivity index (χ1v) is 6.35. The van der Waals surface area contributed by atoms with Crippen LogP contribution in [-0.4, -0.2) is 26.0 Å². The first-order valence-electron chi connectivity index (χ1n) is 4.86. The molecule has 0 unspecified atom stereocenters. The average Bonchev–Trinajstić information content (AvgIpc) is 2.37. The number of rotatable bonds is 1. The Kier molecular flexibility index (Phi) is 2.69. The summed E-state index contributed by atoms with van der Waals surface area (Å²) < 4.78 is 26.0. The number of fused-ring (bicyclic) bond motifs is 1. The molecule has 1 aromatic carbocycles. The SMILES string of the molecule is O=C(O)c1ccc2c(c1)S(=O)(=O)NCCC2.